The lowest BCUT2D eigenvalue weighted by Crippen LogP contribution is -2.42. The van der Waals surface area contributed by atoms with Crippen LogP contribution in [0.15, 0.2) is 30.3 Å². The van der Waals surface area contributed by atoms with E-state index in [1.807, 2.05) is 12.1 Å². The maximum atomic E-state index is 12.2. The monoisotopic (exact) mass is 333 g/mol. The number of carbonyl (C=O) groups is 3. The lowest BCUT2D eigenvalue weighted by molar-refractivity contribution is -0.128. The van der Waals surface area contributed by atoms with Crippen LogP contribution in [0.4, 0.5) is 4.79 Å². The summed E-state index contributed by atoms with van der Waals surface area (Å²) in [5, 5.41) is 3.14. The van der Waals surface area contributed by atoms with Gasteiger partial charge in [0.2, 0.25) is 11.8 Å². The summed E-state index contributed by atoms with van der Waals surface area (Å²) in [7, 11) is 0. The largest absolute Gasteiger partial charge is 0.337 e. The van der Waals surface area contributed by atoms with Gasteiger partial charge in [-0.25, -0.2) is 4.79 Å². The Morgan fingerprint density at radius 1 is 1.26 bits per heavy atom. The number of carbonyl (C=O) groups excluding carboxylic acids is 3. The second-order valence-electron chi connectivity index (χ2n) is 5.53. The number of hydrogen-bond acceptors (Lipinski definition) is 3. The molecule has 2 aliphatic rings. The summed E-state index contributed by atoms with van der Waals surface area (Å²) in [6.45, 7) is 0.953. The van der Waals surface area contributed by atoms with Crippen molar-refractivity contribution in [2.24, 2.45) is 0 Å². The number of imide groups is 1. The Morgan fingerprint density at radius 3 is 2.65 bits per heavy atom. The van der Waals surface area contributed by atoms with Crippen LogP contribution >= 0.6 is 11.6 Å². The number of nitrogens with zero attached hydrogens (tertiary/aromatic N) is 2. The highest BCUT2D eigenvalue weighted by atomic mass is 35.5. The van der Waals surface area contributed by atoms with Crippen molar-refractivity contribution in [3.8, 4) is 0 Å². The van der Waals surface area contributed by atoms with E-state index in [0.717, 1.165) is 5.56 Å². The molecule has 3 rings (SSSR count). The van der Waals surface area contributed by atoms with Crippen molar-refractivity contribution in [3.63, 3.8) is 0 Å². The Bertz CT molecular complexity index is 656. The summed E-state index contributed by atoms with van der Waals surface area (Å²) in [5.41, 5.74) is 0.882. The van der Waals surface area contributed by atoms with Crippen molar-refractivity contribution in [2.75, 3.05) is 19.6 Å². The van der Waals surface area contributed by atoms with E-state index in [1.165, 1.54) is 11.0 Å². The third-order valence-electron chi connectivity index (χ3n) is 4.01. The first-order valence-electron chi connectivity index (χ1n) is 7.37. The topological polar surface area (TPSA) is 69.7 Å². The number of benzene rings is 1. The maximum absolute atomic E-state index is 12.2. The number of hydrogen-bond donors (Lipinski definition) is 1. The van der Waals surface area contributed by atoms with Crippen LogP contribution in [0, 0.1) is 0 Å². The summed E-state index contributed by atoms with van der Waals surface area (Å²) in [4.78, 5) is 38.5. The van der Waals surface area contributed by atoms with Gasteiger partial charge in [0.1, 0.15) is 0 Å². The standard InChI is InChI=1S/C16H16ClN3O3/c17-12-4-1-11(2-5-12)3-6-14(21)19-8-7-13(10-19)20-15(22)9-18-16(20)23/h1-6,13H,7-10H2,(H,18,23)/b6-3+. The van der Waals surface area contributed by atoms with E-state index >= 15 is 0 Å². The van der Waals surface area contributed by atoms with Crippen LogP contribution in [0.1, 0.15) is 12.0 Å². The molecule has 0 bridgehead atoms. The van der Waals surface area contributed by atoms with Crippen LogP contribution in [0.5, 0.6) is 0 Å². The van der Waals surface area contributed by atoms with Gasteiger partial charge in [-0.2, -0.15) is 0 Å². The minimum absolute atomic E-state index is 0.0414. The summed E-state index contributed by atoms with van der Waals surface area (Å²) in [6, 6.07) is 6.56. The SMILES string of the molecule is O=C(/C=C/c1ccc(Cl)cc1)N1CCC(N2C(=O)CNC2=O)C1. The number of urea groups is 1. The van der Waals surface area contributed by atoms with Crippen LogP contribution in [0.3, 0.4) is 0 Å². The predicted octanol–water partition coefficient (Wildman–Crippen LogP) is 1.51. The number of halogens is 1. The highest BCUT2D eigenvalue weighted by molar-refractivity contribution is 6.30. The zero-order valence-electron chi connectivity index (χ0n) is 12.4. The first-order chi connectivity index (χ1) is 11.0. The molecule has 2 saturated heterocycles. The molecule has 1 atom stereocenters. The molecule has 0 aromatic heterocycles. The second kappa shape index (κ2) is 6.42. The Balaban J connectivity index is 1.60. The van der Waals surface area contributed by atoms with Crippen molar-refractivity contribution in [3.05, 3.63) is 40.9 Å². The lowest BCUT2D eigenvalue weighted by Gasteiger charge is -2.20. The molecule has 1 unspecified atom stereocenters. The van der Waals surface area contributed by atoms with E-state index in [1.54, 1.807) is 23.1 Å². The first-order valence-corrected chi connectivity index (χ1v) is 7.75. The highest BCUT2D eigenvalue weighted by Gasteiger charge is 2.39. The van der Waals surface area contributed by atoms with E-state index in [9.17, 15) is 14.4 Å². The zero-order valence-corrected chi connectivity index (χ0v) is 13.1. The van der Waals surface area contributed by atoms with Gasteiger partial charge >= 0.3 is 6.03 Å². The van der Waals surface area contributed by atoms with Gasteiger partial charge in [0.25, 0.3) is 0 Å². The lowest BCUT2D eigenvalue weighted by atomic mass is 10.2. The van der Waals surface area contributed by atoms with Gasteiger partial charge in [0, 0.05) is 24.2 Å². The van der Waals surface area contributed by atoms with E-state index in [2.05, 4.69) is 5.32 Å². The minimum atomic E-state index is -0.369. The summed E-state index contributed by atoms with van der Waals surface area (Å²) in [5.74, 6) is -0.361. The quantitative estimate of drug-likeness (QED) is 0.673. The van der Waals surface area contributed by atoms with Crippen LogP contribution in [-0.4, -0.2) is 53.3 Å². The van der Waals surface area contributed by atoms with E-state index in [4.69, 9.17) is 11.6 Å². The fourth-order valence-corrected chi connectivity index (χ4v) is 2.93. The van der Waals surface area contributed by atoms with Gasteiger partial charge in [0.05, 0.1) is 12.6 Å². The molecule has 120 valence electrons. The van der Waals surface area contributed by atoms with Crippen LogP contribution < -0.4 is 5.32 Å². The van der Waals surface area contributed by atoms with Gasteiger partial charge < -0.3 is 10.2 Å². The summed E-state index contributed by atoms with van der Waals surface area (Å²) in [6.07, 6.45) is 3.83. The summed E-state index contributed by atoms with van der Waals surface area (Å²) < 4.78 is 0. The maximum Gasteiger partial charge on any atom is 0.324 e. The number of nitrogens with one attached hydrogen (secondary N) is 1. The highest BCUT2D eigenvalue weighted by Crippen LogP contribution is 2.19. The first kappa shape index (κ1) is 15.6. The Labute approximate surface area is 138 Å². The third-order valence-corrected chi connectivity index (χ3v) is 4.26. The fourth-order valence-electron chi connectivity index (χ4n) is 2.80. The number of rotatable bonds is 3. The molecular weight excluding hydrogens is 318 g/mol. The van der Waals surface area contributed by atoms with Gasteiger partial charge in [0.15, 0.2) is 0 Å². The van der Waals surface area contributed by atoms with Crippen LogP contribution in [0.25, 0.3) is 6.08 Å². The van der Waals surface area contributed by atoms with Gasteiger partial charge in [-0.15, -0.1) is 0 Å². The minimum Gasteiger partial charge on any atom is -0.337 e. The van der Waals surface area contributed by atoms with Crippen LogP contribution in [-0.2, 0) is 9.59 Å². The fraction of sp³-hybridized carbons (Fsp3) is 0.312. The average molecular weight is 334 g/mol. The van der Waals surface area contributed by atoms with Crippen LogP contribution in [0.2, 0.25) is 5.02 Å². The Kier molecular flexibility index (Phi) is 4.34. The molecular formula is C16H16ClN3O3. The zero-order chi connectivity index (χ0) is 16.4. The molecule has 1 aromatic carbocycles. The third kappa shape index (κ3) is 3.37. The normalized spacial score (nSPS) is 21.3. The van der Waals surface area contributed by atoms with Crippen molar-refractivity contribution in [1.29, 1.82) is 0 Å². The van der Waals surface area contributed by atoms with Crippen molar-refractivity contribution >= 4 is 35.5 Å². The number of amides is 4. The molecule has 0 spiro atoms. The van der Waals surface area contributed by atoms with Crippen molar-refractivity contribution in [2.45, 2.75) is 12.5 Å². The molecule has 0 radical (unpaired) electrons. The van der Waals surface area contributed by atoms with E-state index in [0.29, 0.717) is 24.5 Å². The van der Waals surface area contributed by atoms with Gasteiger partial charge in [-0.3, -0.25) is 14.5 Å². The molecule has 2 aliphatic heterocycles. The van der Waals surface area contributed by atoms with Crippen molar-refractivity contribution in [1.82, 2.24) is 15.1 Å². The number of likely N-dealkylation sites (tertiary alicyclic amines) is 1. The summed E-state index contributed by atoms with van der Waals surface area (Å²) >= 11 is 5.82. The smallest absolute Gasteiger partial charge is 0.324 e. The second-order valence-corrected chi connectivity index (χ2v) is 5.97. The van der Waals surface area contributed by atoms with E-state index in [-0.39, 0.29) is 30.4 Å². The molecule has 6 nitrogen and oxygen atoms in total. The molecule has 0 saturated carbocycles. The van der Waals surface area contributed by atoms with Gasteiger partial charge in [-0.05, 0) is 30.2 Å². The average Bonchev–Trinajstić information content (AvgIpc) is 3.13. The molecule has 7 heteroatoms. The van der Waals surface area contributed by atoms with Crippen molar-refractivity contribution < 1.29 is 14.4 Å². The molecule has 1 N–H and O–H groups in total. The molecule has 0 aliphatic carbocycles. The molecule has 23 heavy (non-hydrogen) atoms. The van der Waals surface area contributed by atoms with E-state index < -0.39 is 0 Å². The molecule has 2 heterocycles. The predicted molar refractivity (Wildman–Crippen MR) is 85.7 cm³/mol. The Morgan fingerprint density at radius 2 is 2.00 bits per heavy atom. The molecule has 4 amide bonds. The Hall–Kier alpha value is -2.34. The molecule has 1 aromatic rings. The molecule has 2 fully saturated rings. The van der Waals surface area contributed by atoms with Gasteiger partial charge in [-0.1, -0.05) is 23.7 Å².